The molecule has 0 aromatic heterocycles. The zero-order chi connectivity index (χ0) is 20.5. The fourth-order valence-corrected chi connectivity index (χ4v) is 3.05. The number of carbonyl (C=O) groups excluding carboxylic acids is 2. The van der Waals surface area contributed by atoms with E-state index in [1.165, 1.54) is 0 Å². The first-order valence-corrected chi connectivity index (χ1v) is 9.61. The van der Waals surface area contributed by atoms with Crippen LogP contribution in [0.5, 0.6) is 0 Å². The van der Waals surface area contributed by atoms with Crippen LogP contribution in [0, 0.1) is 0 Å². The summed E-state index contributed by atoms with van der Waals surface area (Å²) < 4.78 is 0. The van der Waals surface area contributed by atoms with Gasteiger partial charge in [-0.15, -0.1) is 0 Å². The number of rotatable bonds is 8. The van der Waals surface area contributed by atoms with Crippen molar-refractivity contribution in [2.45, 2.75) is 24.9 Å². The summed E-state index contributed by atoms with van der Waals surface area (Å²) in [5.41, 5.74) is 8.71. The van der Waals surface area contributed by atoms with Gasteiger partial charge >= 0.3 is 0 Å². The van der Waals surface area contributed by atoms with Gasteiger partial charge in [0.05, 0.1) is 6.04 Å². The molecule has 0 saturated carbocycles. The summed E-state index contributed by atoms with van der Waals surface area (Å²) in [6.07, 6.45) is 0.786. The van der Waals surface area contributed by atoms with Gasteiger partial charge in [0.1, 0.15) is 6.04 Å². The zero-order valence-corrected chi connectivity index (χ0v) is 16.1. The summed E-state index contributed by atoms with van der Waals surface area (Å²) in [7, 11) is 0. The van der Waals surface area contributed by atoms with Crippen molar-refractivity contribution < 1.29 is 9.59 Å². The number of hydrogen-bond acceptors (Lipinski definition) is 3. The third-order valence-corrected chi connectivity index (χ3v) is 4.59. The van der Waals surface area contributed by atoms with Gasteiger partial charge in [-0.3, -0.25) is 9.59 Å². The monoisotopic (exact) mass is 387 g/mol. The molecule has 0 heterocycles. The second-order valence-corrected chi connectivity index (χ2v) is 6.90. The molecule has 3 aromatic carbocycles. The van der Waals surface area contributed by atoms with E-state index < -0.39 is 12.1 Å². The number of amides is 2. The highest BCUT2D eigenvalue weighted by atomic mass is 16.2. The minimum absolute atomic E-state index is 0.277. The fraction of sp³-hybridized carbons (Fsp3) is 0.167. The molecule has 0 spiro atoms. The lowest BCUT2D eigenvalue weighted by atomic mass is 10.0. The molecule has 148 valence electrons. The van der Waals surface area contributed by atoms with E-state index in [2.05, 4.69) is 10.6 Å². The summed E-state index contributed by atoms with van der Waals surface area (Å²) in [4.78, 5) is 25.6. The second kappa shape index (κ2) is 10.2. The Bertz CT molecular complexity index is 915. The standard InChI is InChI=1S/C24H25N3O2/c25-21(16-18-10-4-1-5-11-18)23(28)27-22(17-19-12-6-2-7-13-19)24(29)26-20-14-8-3-9-15-20/h1-15,21-22H,16-17,25H2,(H,26,29)(H,27,28)/t21-,22-/m0/s1. The van der Waals surface area contributed by atoms with Crippen LogP contribution in [-0.2, 0) is 22.4 Å². The lowest BCUT2D eigenvalue weighted by Crippen LogP contribution is -2.51. The molecule has 0 saturated heterocycles. The lowest BCUT2D eigenvalue weighted by molar-refractivity contribution is -0.127. The van der Waals surface area contributed by atoms with Crippen LogP contribution in [0.4, 0.5) is 5.69 Å². The molecule has 0 unspecified atom stereocenters. The Hall–Kier alpha value is -3.44. The third-order valence-electron chi connectivity index (χ3n) is 4.59. The van der Waals surface area contributed by atoms with Crippen molar-refractivity contribution in [2.24, 2.45) is 5.73 Å². The van der Waals surface area contributed by atoms with Crippen molar-refractivity contribution in [3.8, 4) is 0 Å². The average Bonchev–Trinajstić information content (AvgIpc) is 2.75. The van der Waals surface area contributed by atoms with Gasteiger partial charge in [-0.1, -0.05) is 78.9 Å². The van der Waals surface area contributed by atoms with E-state index in [1.807, 2.05) is 78.9 Å². The fourth-order valence-electron chi connectivity index (χ4n) is 3.05. The van der Waals surface area contributed by atoms with Crippen LogP contribution >= 0.6 is 0 Å². The first kappa shape index (κ1) is 20.3. The van der Waals surface area contributed by atoms with Gasteiger partial charge in [-0.05, 0) is 29.7 Å². The first-order chi connectivity index (χ1) is 14.1. The minimum atomic E-state index is -0.736. The normalized spacial score (nSPS) is 12.6. The zero-order valence-electron chi connectivity index (χ0n) is 16.1. The van der Waals surface area contributed by atoms with Gasteiger partial charge in [0.2, 0.25) is 11.8 Å². The molecular weight excluding hydrogens is 362 g/mol. The van der Waals surface area contributed by atoms with E-state index in [0.29, 0.717) is 18.5 Å². The van der Waals surface area contributed by atoms with Crippen molar-refractivity contribution in [1.82, 2.24) is 5.32 Å². The average molecular weight is 387 g/mol. The molecular formula is C24H25N3O2. The number of para-hydroxylation sites is 1. The Morgan fingerprint density at radius 2 is 1.17 bits per heavy atom. The first-order valence-electron chi connectivity index (χ1n) is 9.61. The molecule has 2 amide bonds. The SMILES string of the molecule is N[C@@H](Cc1ccccc1)C(=O)N[C@@H](Cc1ccccc1)C(=O)Nc1ccccc1. The number of hydrogen-bond donors (Lipinski definition) is 3. The summed E-state index contributed by atoms with van der Waals surface area (Å²) >= 11 is 0. The summed E-state index contributed by atoms with van der Waals surface area (Å²) in [5.74, 6) is -0.627. The van der Waals surface area contributed by atoms with Gasteiger partial charge in [-0.25, -0.2) is 0 Å². The van der Waals surface area contributed by atoms with Gasteiger partial charge < -0.3 is 16.4 Å². The third kappa shape index (κ3) is 6.30. The number of anilines is 1. The smallest absolute Gasteiger partial charge is 0.247 e. The van der Waals surface area contributed by atoms with Crippen LogP contribution in [0.25, 0.3) is 0 Å². The molecule has 3 rings (SSSR count). The van der Waals surface area contributed by atoms with E-state index in [4.69, 9.17) is 5.73 Å². The van der Waals surface area contributed by atoms with Crippen molar-refractivity contribution in [3.05, 3.63) is 102 Å². The van der Waals surface area contributed by atoms with E-state index >= 15 is 0 Å². The highest BCUT2D eigenvalue weighted by Crippen LogP contribution is 2.10. The molecule has 0 bridgehead atoms. The summed E-state index contributed by atoms with van der Waals surface area (Å²) in [5, 5.41) is 5.69. The minimum Gasteiger partial charge on any atom is -0.343 e. The maximum absolute atomic E-state index is 12.9. The lowest BCUT2D eigenvalue weighted by Gasteiger charge is -2.21. The predicted molar refractivity (Wildman–Crippen MR) is 115 cm³/mol. The van der Waals surface area contributed by atoms with Gasteiger partial charge in [0, 0.05) is 12.1 Å². The highest BCUT2D eigenvalue weighted by Gasteiger charge is 2.24. The van der Waals surface area contributed by atoms with Crippen molar-refractivity contribution >= 4 is 17.5 Å². The number of benzene rings is 3. The predicted octanol–water partition coefficient (Wildman–Crippen LogP) is 2.92. The topological polar surface area (TPSA) is 84.2 Å². The second-order valence-electron chi connectivity index (χ2n) is 6.90. The van der Waals surface area contributed by atoms with Crippen LogP contribution in [0.2, 0.25) is 0 Å². The van der Waals surface area contributed by atoms with Crippen molar-refractivity contribution in [1.29, 1.82) is 0 Å². The molecule has 3 aromatic rings. The van der Waals surface area contributed by atoms with Crippen molar-refractivity contribution in [2.75, 3.05) is 5.32 Å². The Morgan fingerprint density at radius 1 is 0.690 bits per heavy atom. The molecule has 0 fully saturated rings. The quantitative estimate of drug-likeness (QED) is 0.556. The maximum Gasteiger partial charge on any atom is 0.247 e. The molecule has 5 nitrogen and oxygen atoms in total. The van der Waals surface area contributed by atoms with E-state index in [0.717, 1.165) is 11.1 Å². The number of nitrogens with one attached hydrogen (secondary N) is 2. The molecule has 2 atom stereocenters. The van der Waals surface area contributed by atoms with E-state index in [-0.39, 0.29) is 11.8 Å². The largest absolute Gasteiger partial charge is 0.343 e. The highest BCUT2D eigenvalue weighted by molar-refractivity contribution is 5.98. The Morgan fingerprint density at radius 3 is 1.72 bits per heavy atom. The van der Waals surface area contributed by atoms with E-state index in [1.54, 1.807) is 12.1 Å². The molecule has 0 aliphatic heterocycles. The summed E-state index contributed by atoms with van der Waals surface area (Å²) in [6, 6.07) is 26.9. The van der Waals surface area contributed by atoms with E-state index in [9.17, 15) is 9.59 Å². The van der Waals surface area contributed by atoms with Crippen LogP contribution in [0.15, 0.2) is 91.0 Å². The molecule has 5 heteroatoms. The Labute approximate surface area is 170 Å². The number of nitrogens with two attached hydrogens (primary N) is 1. The van der Waals surface area contributed by atoms with Crippen molar-refractivity contribution in [3.63, 3.8) is 0 Å². The van der Waals surface area contributed by atoms with Crippen LogP contribution in [0.3, 0.4) is 0 Å². The van der Waals surface area contributed by atoms with Crippen LogP contribution in [-0.4, -0.2) is 23.9 Å². The molecule has 0 aliphatic carbocycles. The van der Waals surface area contributed by atoms with Crippen LogP contribution in [0.1, 0.15) is 11.1 Å². The molecule has 4 N–H and O–H groups in total. The Balaban J connectivity index is 1.69. The van der Waals surface area contributed by atoms with Gasteiger partial charge in [-0.2, -0.15) is 0 Å². The Kier molecular flexibility index (Phi) is 7.14. The van der Waals surface area contributed by atoms with Gasteiger partial charge in [0.25, 0.3) is 0 Å². The number of carbonyl (C=O) groups is 2. The summed E-state index contributed by atoms with van der Waals surface area (Å²) in [6.45, 7) is 0. The molecule has 29 heavy (non-hydrogen) atoms. The van der Waals surface area contributed by atoms with Crippen LogP contribution < -0.4 is 16.4 Å². The molecule has 0 radical (unpaired) electrons. The van der Waals surface area contributed by atoms with Gasteiger partial charge in [0.15, 0.2) is 0 Å². The molecule has 0 aliphatic rings. The maximum atomic E-state index is 12.9.